The lowest BCUT2D eigenvalue weighted by Crippen LogP contribution is -2.54. The summed E-state index contributed by atoms with van der Waals surface area (Å²) in [4.78, 5) is 80.1. The van der Waals surface area contributed by atoms with Gasteiger partial charge in [0.1, 0.15) is 31.3 Å². The fourth-order valence-electron chi connectivity index (χ4n) is 13.6. The Hall–Kier alpha value is -8.27. The van der Waals surface area contributed by atoms with Gasteiger partial charge in [0, 0.05) is 112 Å². The summed E-state index contributed by atoms with van der Waals surface area (Å²) in [5.41, 5.74) is 10.7. The number of fused-ring (bicyclic) bond motifs is 3. The van der Waals surface area contributed by atoms with E-state index in [2.05, 4.69) is 20.6 Å². The second-order valence-electron chi connectivity index (χ2n) is 27.8. The molecule has 4 amide bonds. The molecule has 0 bridgehead atoms. The molecule has 0 spiro atoms. The summed E-state index contributed by atoms with van der Waals surface area (Å²) in [5, 5.41) is 71.1. The quantitative estimate of drug-likeness (QED) is 0.0400. The number of aliphatic hydroxyl groups is 3. The Bertz CT molecular complexity index is 4540. The molecule has 3 unspecified atom stereocenters. The number of hydrogen-bond donors (Lipinski definition) is 6. The van der Waals surface area contributed by atoms with E-state index in [4.69, 9.17) is 35.2 Å². The fourth-order valence-corrected chi connectivity index (χ4v) is 20.9. The molecule has 3 fully saturated rings. The number of esters is 1. The van der Waals surface area contributed by atoms with Gasteiger partial charge in [-0.15, -0.1) is 12.4 Å². The molecule has 105 heavy (non-hydrogen) atoms. The lowest BCUT2D eigenvalue weighted by Gasteiger charge is -2.35. The molecule has 33 nitrogen and oxygen atoms in total. The number of ether oxygens (including phenoxy) is 4. The van der Waals surface area contributed by atoms with Crippen molar-refractivity contribution in [3.05, 3.63) is 122 Å². The molecule has 2 aromatic carbocycles. The van der Waals surface area contributed by atoms with E-state index in [0.29, 0.717) is 92.1 Å². The smallest absolute Gasteiger partial charge is 0.358 e. The van der Waals surface area contributed by atoms with Gasteiger partial charge in [0.05, 0.1) is 84.3 Å². The number of carbonyl (C=O) groups is 6. The van der Waals surface area contributed by atoms with Gasteiger partial charge in [-0.1, -0.05) is 24.3 Å². The summed E-state index contributed by atoms with van der Waals surface area (Å²) in [6.07, 6.45) is 3.48. The zero-order valence-electron chi connectivity index (χ0n) is 60.3. The molecular weight excluding hydrogens is 1450 g/mol. The number of aryl methyl sites for hydroxylation is 3. The van der Waals surface area contributed by atoms with Crippen molar-refractivity contribution in [3.8, 4) is 12.1 Å². The van der Waals surface area contributed by atoms with Gasteiger partial charge < -0.3 is 65.1 Å². The number of amides is 4. The van der Waals surface area contributed by atoms with Crippen molar-refractivity contribution in [2.45, 2.75) is 120 Å². The first kappa shape index (κ1) is 84.0. The van der Waals surface area contributed by atoms with Crippen LogP contribution in [0.2, 0.25) is 0 Å². The standard InChI is InChI=1S/C25H31N5O6S.C18H27N3O7S.C17H25N3O7S.C8H8N2.ClH/c1-24(15-31,16-36-3)37(34,35)25(9-10-25)14-30-11-8-19-20(28-29(2)21(19)23(30)33)22(32)27-13-18-6-4-17(12-26)5-7-18;1-17(10-22,11-27-3)29(25,26)18(6-7-18)9-21-8-5-12-13(16(24)28-4)19-20(2)14(12)15(21)23;1-16(9-21,10-27-3)28(25,26)17(5-6-17)8-20-7-4-11-12(15(23)24)18-19(2)13(11)14(20)22;9-5-7-1-2-8(6-10)4-3-7;/h4-7,31H,8-11,13-16H2,1-3H3,(H,27,32);22H,5-11H2,1-4H3;21H,4-10H2,1-3H3,(H,23,24);1-4H,5,9H2;1H. The van der Waals surface area contributed by atoms with Gasteiger partial charge in [0.25, 0.3) is 23.6 Å². The highest BCUT2D eigenvalue weighted by Crippen LogP contribution is 2.52. The number of carboxylic acid groups (broad SMARTS) is 1. The average molecular weight is 1540 g/mol. The van der Waals surface area contributed by atoms with Gasteiger partial charge in [-0.2, -0.15) is 25.8 Å². The molecule has 6 heterocycles. The lowest BCUT2D eigenvalue weighted by molar-refractivity contribution is 0.0589. The van der Waals surface area contributed by atoms with E-state index in [1.165, 1.54) is 85.0 Å². The van der Waals surface area contributed by atoms with Crippen LogP contribution in [0.25, 0.3) is 0 Å². The van der Waals surface area contributed by atoms with Crippen LogP contribution in [0.5, 0.6) is 0 Å². The summed E-state index contributed by atoms with van der Waals surface area (Å²) in [6, 6.07) is 18.2. The number of sulfone groups is 3. The van der Waals surface area contributed by atoms with Crippen LogP contribution in [-0.2, 0) is 102 Å². The van der Waals surface area contributed by atoms with Crippen molar-refractivity contribution < 1.29 is 93.4 Å². The minimum absolute atomic E-state index is 0. The monoisotopic (exact) mass is 1540 g/mol. The molecule has 3 aliphatic carbocycles. The number of nitriles is 2. The molecule has 3 atom stereocenters. The van der Waals surface area contributed by atoms with Gasteiger partial charge in [-0.3, -0.25) is 33.2 Å². The van der Waals surface area contributed by atoms with Gasteiger partial charge in [0.2, 0.25) is 0 Å². The van der Waals surface area contributed by atoms with Gasteiger partial charge in [-0.05, 0) is 114 Å². The second-order valence-corrected chi connectivity index (χ2v) is 36.4. The topological polar surface area (TPSA) is 471 Å². The number of aromatic carboxylic acids is 1. The predicted octanol–water partition coefficient (Wildman–Crippen LogP) is 1.01. The Labute approximate surface area is 615 Å². The molecule has 3 aromatic heterocycles. The third-order valence-corrected chi connectivity index (χ3v) is 30.0. The van der Waals surface area contributed by atoms with Crippen LogP contribution < -0.4 is 11.1 Å². The van der Waals surface area contributed by atoms with Crippen LogP contribution in [-0.4, -0.2) is 261 Å². The summed E-state index contributed by atoms with van der Waals surface area (Å²) >= 11 is 0. The number of methoxy groups -OCH3 is 4. The molecule has 7 N–H and O–H groups in total. The maximum atomic E-state index is 13.5. The first-order valence-electron chi connectivity index (χ1n) is 33.3. The molecule has 6 aliphatic rings. The van der Waals surface area contributed by atoms with Gasteiger partial charge in [0.15, 0.2) is 46.6 Å². The van der Waals surface area contributed by atoms with Crippen LogP contribution in [0.1, 0.15) is 161 Å². The van der Waals surface area contributed by atoms with Crippen molar-refractivity contribution in [2.75, 3.05) is 107 Å². The van der Waals surface area contributed by atoms with E-state index < -0.39 is 102 Å². The van der Waals surface area contributed by atoms with E-state index in [-0.39, 0.29) is 124 Å². The van der Waals surface area contributed by atoms with E-state index in [1.54, 1.807) is 50.5 Å². The molecule has 0 saturated heterocycles. The normalized spacial score (nSPS) is 18.2. The van der Waals surface area contributed by atoms with Crippen molar-refractivity contribution in [3.63, 3.8) is 0 Å². The van der Waals surface area contributed by atoms with Crippen molar-refractivity contribution in [1.82, 2.24) is 49.4 Å². The Kier molecular flexibility index (Phi) is 26.3. The number of halogens is 1. The number of hydrogen-bond acceptors (Lipinski definition) is 25. The number of nitrogens with two attached hydrogens (primary N) is 1. The van der Waals surface area contributed by atoms with E-state index in [9.17, 15) is 74.4 Å². The highest BCUT2D eigenvalue weighted by molar-refractivity contribution is 7.95. The molecule has 5 aromatic rings. The predicted molar refractivity (Wildman–Crippen MR) is 380 cm³/mol. The first-order valence-corrected chi connectivity index (χ1v) is 37.8. The van der Waals surface area contributed by atoms with Crippen molar-refractivity contribution >= 4 is 77.5 Å². The summed E-state index contributed by atoms with van der Waals surface area (Å²) in [5.74, 6) is -3.39. The van der Waals surface area contributed by atoms with E-state index in [0.717, 1.165) is 11.1 Å². The van der Waals surface area contributed by atoms with Crippen LogP contribution in [0.15, 0.2) is 48.5 Å². The number of carboxylic acids is 1. The third-order valence-electron chi connectivity index (χ3n) is 20.3. The first-order chi connectivity index (χ1) is 49.0. The molecule has 574 valence electrons. The maximum absolute atomic E-state index is 13.5. The number of aliphatic hydroxyl groups excluding tert-OH is 3. The van der Waals surface area contributed by atoms with Crippen LogP contribution in [0.3, 0.4) is 0 Å². The minimum atomic E-state index is -3.83. The van der Waals surface area contributed by atoms with Gasteiger partial charge >= 0.3 is 11.9 Å². The zero-order valence-corrected chi connectivity index (χ0v) is 63.6. The Morgan fingerprint density at radius 1 is 0.543 bits per heavy atom. The molecule has 0 radical (unpaired) electrons. The van der Waals surface area contributed by atoms with Crippen molar-refractivity contribution in [1.29, 1.82) is 10.5 Å². The Balaban J connectivity index is 0.000000207. The van der Waals surface area contributed by atoms with Crippen LogP contribution >= 0.6 is 12.4 Å². The number of aromatic nitrogens is 6. The summed E-state index contributed by atoms with van der Waals surface area (Å²) < 4.78 is 96.3. The Morgan fingerprint density at radius 2 is 0.848 bits per heavy atom. The molecule has 3 aliphatic heterocycles. The average Bonchev–Trinajstić information content (AvgIpc) is 1.57. The number of benzene rings is 2. The van der Waals surface area contributed by atoms with E-state index >= 15 is 0 Å². The number of rotatable bonds is 27. The minimum Gasteiger partial charge on any atom is -0.476 e. The van der Waals surface area contributed by atoms with Crippen molar-refractivity contribution in [2.24, 2.45) is 26.9 Å². The summed E-state index contributed by atoms with van der Waals surface area (Å²) in [7, 11) is -1.37. The largest absolute Gasteiger partial charge is 0.476 e. The number of nitrogens with one attached hydrogen (secondary N) is 1. The second kappa shape index (κ2) is 32.8. The van der Waals surface area contributed by atoms with Crippen LogP contribution in [0, 0.1) is 22.7 Å². The molecule has 3 saturated carbocycles. The Morgan fingerprint density at radius 3 is 1.13 bits per heavy atom. The third kappa shape index (κ3) is 16.1. The zero-order chi connectivity index (χ0) is 76.9. The maximum Gasteiger partial charge on any atom is 0.358 e. The fraction of sp³-hybridized carbons (Fsp3) is 0.574. The SMILES string of the molecule is COCC(C)(CO)S(=O)(=O)C1(CN2CCc3c(C(=O)NCc4ccc(C#N)cc4)nn(C)c3C2=O)CC1.COCC(C)(CO)S(=O)(=O)C1(CN2CCc3c(C(=O)O)nn(C)c3C2=O)CC1.COCC(C)(CO)S(=O)(=O)C1(CN2CCc3c(C(=O)OC)nn(C)c3C2=O)CC1.Cl.N#Cc1ccc(CN)cc1. The molecule has 11 rings (SSSR count). The highest BCUT2D eigenvalue weighted by Gasteiger charge is 2.65. The molecular formula is C68H92ClN13O20S3. The molecule has 37 heteroatoms. The number of nitrogens with zero attached hydrogens (tertiary/aromatic N) is 11. The highest BCUT2D eigenvalue weighted by atomic mass is 35.5. The number of carbonyl (C=O) groups excluding carboxylic acids is 5. The van der Waals surface area contributed by atoms with E-state index in [1.807, 2.05) is 24.3 Å². The van der Waals surface area contributed by atoms with Crippen LogP contribution in [0.4, 0.5) is 0 Å². The summed E-state index contributed by atoms with van der Waals surface area (Å²) in [6.45, 7) is 3.81. The van der Waals surface area contributed by atoms with Gasteiger partial charge in [-0.25, -0.2) is 34.8 Å². The lowest BCUT2D eigenvalue weighted by atomic mass is 10.0.